The number of benzene rings is 1. The van der Waals surface area contributed by atoms with E-state index in [0.29, 0.717) is 52.0 Å². The highest BCUT2D eigenvalue weighted by Gasteiger charge is 2.33. The van der Waals surface area contributed by atoms with Gasteiger partial charge in [0.05, 0.1) is 13.2 Å². The van der Waals surface area contributed by atoms with E-state index in [1.165, 1.54) is 6.07 Å². The summed E-state index contributed by atoms with van der Waals surface area (Å²) in [4.78, 5) is 26.6. The second-order valence-electron chi connectivity index (χ2n) is 6.57. The molecule has 1 aromatic rings. The molecule has 0 aromatic heterocycles. The molecule has 0 atom stereocenters. The first-order chi connectivity index (χ1) is 12.1. The van der Waals surface area contributed by atoms with E-state index in [1.807, 2.05) is 4.90 Å². The van der Waals surface area contributed by atoms with Crippen molar-refractivity contribution in [3.63, 3.8) is 0 Å². The summed E-state index contributed by atoms with van der Waals surface area (Å²) in [6.07, 6.45) is 2.33. The maximum Gasteiger partial charge on any atom is 0.227 e. The van der Waals surface area contributed by atoms with Crippen molar-refractivity contribution in [2.75, 3.05) is 31.6 Å². The standard InChI is InChI=1S/C18H22F2N2O3/c19-14-2-1-3-15(20)16(14)21-17(23)12-4-6-13(7-5-12)18(24)22-8-10-25-11-9-22/h1-3,12-13H,4-11H2,(H,21,23). The SMILES string of the molecule is O=C(Nc1c(F)cccc1F)C1CCC(C(=O)N2CCOCC2)CC1. The summed E-state index contributed by atoms with van der Waals surface area (Å²) in [5.74, 6) is -2.24. The number of para-hydroxylation sites is 1. The Bertz CT molecular complexity index is 619. The van der Waals surface area contributed by atoms with Crippen LogP contribution in [0.25, 0.3) is 0 Å². The Kier molecular flexibility index (Phi) is 5.63. The zero-order valence-corrected chi connectivity index (χ0v) is 14.0. The molecule has 1 N–H and O–H groups in total. The molecule has 1 aromatic carbocycles. The number of nitrogens with zero attached hydrogens (tertiary/aromatic N) is 1. The Labute approximate surface area is 145 Å². The number of morpholine rings is 1. The van der Waals surface area contributed by atoms with Gasteiger partial charge in [-0.2, -0.15) is 0 Å². The maximum absolute atomic E-state index is 13.6. The molecule has 136 valence electrons. The minimum absolute atomic E-state index is 0.0765. The number of carbonyl (C=O) groups is 2. The van der Waals surface area contributed by atoms with Crippen molar-refractivity contribution in [3.05, 3.63) is 29.8 Å². The number of anilines is 1. The summed E-state index contributed by atoms with van der Waals surface area (Å²) in [7, 11) is 0. The van der Waals surface area contributed by atoms with Gasteiger partial charge in [0.25, 0.3) is 0 Å². The molecule has 1 saturated carbocycles. The molecule has 2 aliphatic rings. The third-order valence-electron chi connectivity index (χ3n) is 4.98. The van der Waals surface area contributed by atoms with Crippen LogP contribution in [0, 0.1) is 23.5 Å². The van der Waals surface area contributed by atoms with E-state index in [0.717, 1.165) is 12.1 Å². The van der Waals surface area contributed by atoms with Gasteiger partial charge in [-0.3, -0.25) is 9.59 Å². The van der Waals surface area contributed by atoms with E-state index in [2.05, 4.69) is 5.32 Å². The Morgan fingerprint density at radius 2 is 1.56 bits per heavy atom. The molecule has 1 aliphatic carbocycles. The van der Waals surface area contributed by atoms with Crippen LogP contribution in [-0.4, -0.2) is 43.0 Å². The van der Waals surface area contributed by atoms with Gasteiger partial charge in [-0.15, -0.1) is 0 Å². The Hall–Kier alpha value is -2.02. The number of hydrogen-bond acceptors (Lipinski definition) is 3. The van der Waals surface area contributed by atoms with Crippen LogP contribution in [0.5, 0.6) is 0 Å². The third kappa shape index (κ3) is 4.15. The second-order valence-corrected chi connectivity index (χ2v) is 6.57. The summed E-state index contributed by atoms with van der Waals surface area (Å²) in [5, 5.41) is 2.35. The summed E-state index contributed by atoms with van der Waals surface area (Å²) in [6.45, 7) is 2.37. The Morgan fingerprint density at radius 3 is 2.16 bits per heavy atom. The smallest absolute Gasteiger partial charge is 0.227 e. The predicted octanol–water partition coefficient (Wildman–Crippen LogP) is 2.57. The molecule has 0 radical (unpaired) electrons. The highest BCUT2D eigenvalue weighted by Crippen LogP contribution is 2.31. The largest absolute Gasteiger partial charge is 0.378 e. The normalized spacial score (nSPS) is 24.0. The number of hydrogen-bond donors (Lipinski definition) is 1. The van der Waals surface area contributed by atoms with Crippen LogP contribution in [-0.2, 0) is 14.3 Å². The van der Waals surface area contributed by atoms with Gasteiger partial charge in [0.15, 0.2) is 0 Å². The quantitative estimate of drug-likeness (QED) is 0.910. The predicted molar refractivity (Wildman–Crippen MR) is 87.8 cm³/mol. The van der Waals surface area contributed by atoms with E-state index in [1.54, 1.807) is 0 Å². The van der Waals surface area contributed by atoms with E-state index < -0.39 is 17.3 Å². The van der Waals surface area contributed by atoms with Crippen LogP contribution in [0.2, 0.25) is 0 Å². The molecule has 0 bridgehead atoms. The van der Waals surface area contributed by atoms with Crippen molar-refractivity contribution in [2.24, 2.45) is 11.8 Å². The molecule has 2 amide bonds. The minimum atomic E-state index is -0.787. The van der Waals surface area contributed by atoms with Crippen LogP contribution in [0.4, 0.5) is 14.5 Å². The molecule has 5 nitrogen and oxygen atoms in total. The fourth-order valence-electron chi connectivity index (χ4n) is 3.49. The van der Waals surface area contributed by atoms with Crippen molar-refractivity contribution in [2.45, 2.75) is 25.7 Å². The van der Waals surface area contributed by atoms with Crippen molar-refractivity contribution in [3.8, 4) is 0 Å². The molecule has 0 spiro atoms. The number of rotatable bonds is 3. The lowest BCUT2D eigenvalue weighted by molar-refractivity contribution is -0.141. The van der Waals surface area contributed by atoms with Crippen LogP contribution >= 0.6 is 0 Å². The lowest BCUT2D eigenvalue weighted by Gasteiger charge is -2.33. The van der Waals surface area contributed by atoms with Gasteiger partial charge in [0.2, 0.25) is 11.8 Å². The average molecular weight is 352 g/mol. The molecular formula is C18H22F2N2O3. The van der Waals surface area contributed by atoms with Gasteiger partial charge in [-0.05, 0) is 37.8 Å². The molecule has 1 saturated heterocycles. The molecule has 7 heteroatoms. The van der Waals surface area contributed by atoms with Gasteiger partial charge < -0.3 is 15.0 Å². The Balaban J connectivity index is 1.53. The number of nitrogens with one attached hydrogen (secondary N) is 1. The lowest BCUT2D eigenvalue weighted by atomic mass is 9.81. The molecule has 2 fully saturated rings. The Morgan fingerprint density at radius 1 is 1.00 bits per heavy atom. The van der Waals surface area contributed by atoms with E-state index in [4.69, 9.17) is 4.74 Å². The summed E-state index contributed by atoms with van der Waals surface area (Å²) in [6, 6.07) is 3.47. The molecule has 1 heterocycles. The van der Waals surface area contributed by atoms with Crippen LogP contribution in [0.3, 0.4) is 0 Å². The molecule has 0 unspecified atom stereocenters. The van der Waals surface area contributed by atoms with Crippen LogP contribution < -0.4 is 5.32 Å². The van der Waals surface area contributed by atoms with Crippen molar-refractivity contribution in [1.29, 1.82) is 0 Å². The first-order valence-electron chi connectivity index (χ1n) is 8.67. The summed E-state index contributed by atoms with van der Waals surface area (Å²) < 4.78 is 32.5. The first kappa shape index (κ1) is 17.8. The first-order valence-corrected chi connectivity index (χ1v) is 8.67. The van der Waals surface area contributed by atoms with Crippen LogP contribution in [0.15, 0.2) is 18.2 Å². The van der Waals surface area contributed by atoms with Crippen molar-refractivity contribution in [1.82, 2.24) is 4.90 Å². The highest BCUT2D eigenvalue weighted by molar-refractivity contribution is 5.93. The fourth-order valence-corrected chi connectivity index (χ4v) is 3.49. The zero-order chi connectivity index (χ0) is 17.8. The van der Waals surface area contributed by atoms with E-state index in [-0.39, 0.29) is 23.7 Å². The molecule has 1 aliphatic heterocycles. The van der Waals surface area contributed by atoms with Gasteiger partial charge >= 0.3 is 0 Å². The van der Waals surface area contributed by atoms with Gasteiger partial charge in [-0.1, -0.05) is 6.07 Å². The number of carbonyl (C=O) groups excluding carboxylic acids is 2. The second kappa shape index (κ2) is 7.91. The highest BCUT2D eigenvalue weighted by atomic mass is 19.1. The maximum atomic E-state index is 13.6. The minimum Gasteiger partial charge on any atom is -0.378 e. The van der Waals surface area contributed by atoms with Gasteiger partial charge in [0.1, 0.15) is 17.3 Å². The summed E-state index contributed by atoms with van der Waals surface area (Å²) in [5.41, 5.74) is -0.404. The summed E-state index contributed by atoms with van der Waals surface area (Å²) >= 11 is 0. The number of amides is 2. The fraction of sp³-hybridized carbons (Fsp3) is 0.556. The lowest BCUT2D eigenvalue weighted by Crippen LogP contribution is -2.44. The average Bonchev–Trinajstić information content (AvgIpc) is 2.65. The monoisotopic (exact) mass is 352 g/mol. The van der Waals surface area contributed by atoms with Crippen molar-refractivity contribution >= 4 is 17.5 Å². The van der Waals surface area contributed by atoms with Crippen LogP contribution in [0.1, 0.15) is 25.7 Å². The topological polar surface area (TPSA) is 58.6 Å². The van der Waals surface area contributed by atoms with E-state index in [9.17, 15) is 18.4 Å². The molecule has 3 rings (SSSR count). The number of ether oxygens (including phenoxy) is 1. The third-order valence-corrected chi connectivity index (χ3v) is 4.98. The zero-order valence-electron chi connectivity index (χ0n) is 14.0. The molecular weight excluding hydrogens is 330 g/mol. The molecule has 25 heavy (non-hydrogen) atoms. The van der Waals surface area contributed by atoms with Crippen molar-refractivity contribution < 1.29 is 23.1 Å². The van der Waals surface area contributed by atoms with E-state index >= 15 is 0 Å². The van der Waals surface area contributed by atoms with Gasteiger partial charge in [0, 0.05) is 24.9 Å². The van der Waals surface area contributed by atoms with Gasteiger partial charge in [-0.25, -0.2) is 8.78 Å². The number of halogens is 2.